The smallest absolute Gasteiger partial charge is 0.254 e. The van der Waals surface area contributed by atoms with Crippen molar-refractivity contribution in [2.45, 2.75) is 52.6 Å². The predicted molar refractivity (Wildman–Crippen MR) is 131 cm³/mol. The van der Waals surface area contributed by atoms with Crippen LogP contribution < -0.4 is 5.32 Å². The highest BCUT2D eigenvalue weighted by atomic mass is 19.1. The molecule has 6 nitrogen and oxygen atoms in total. The molecule has 0 radical (unpaired) electrons. The van der Waals surface area contributed by atoms with Crippen LogP contribution in [0.5, 0.6) is 0 Å². The van der Waals surface area contributed by atoms with Crippen LogP contribution in [-0.2, 0) is 23.6 Å². The van der Waals surface area contributed by atoms with E-state index in [1.807, 2.05) is 6.92 Å². The topological polar surface area (TPSA) is 67.3 Å². The standard InChI is InChI=1S/C27H29F3N4O2/c1-6-34-13-20-17(26(34)35)7-8-31-25(20)33-15(2)18-9-23(29)19(10-22(18)28)24-11-21(27(3,4)30)16(12-32-24)14-36-5/h7-12,15H,6,13-14H2,1-5H3,(H,31,33). The Labute approximate surface area is 208 Å². The van der Waals surface area contributed by atoms with Crippen molar-refractivity contribution < 1.29 is 22.7 Å². The molecule has 0 saturated heterocycles. The van der Waals surface area contributed by atoms with E-state index in [4.69, 9.17) is 4.74 Å². The van der Waals surface area contributed by atoms with Gasteiger partial charge in [0.05, 0.1) is 24.9 Å². The molecule has 1 unspecified atom stereocenters. The number of anilines is 1. The van der Waals surface area contributed by atoms with Gasteiger partial charge in [0.25, 0.3) is 5.91 Å². The van der Waals surface area contributed by atoms with Crippen LogP contribution >= 0.6 is 0 Å². The third-order valence-electron chi connectivity index (χ3n) is 6.41. The molecule has 1 aromatic carbocycles. The zero-order valence-corrected chi connectivity index (χ0v) is 21.0. The van der Waals surface area contributed by atoms with Gasteiger partial charge in [0.2, 0.25) is 0 Å². The van der Waals surface area contributed by atoms with Crippen molar-refractivity contribution in [3.05, 3.63) is 76.1 Å². The van der Waals surface area contributed by atoms with Crippen LogP contribution in [0.4, 0.5) is 19.0 Å². The minimum atomic E-state index is -1.73. The van der Waals surface area contributed by atoms with Crippen molar-refractivity contribution in [2.24, 2.45) is 0 Å². The molecule has 3 heterocycles. The number of benzene rings is 1. The molecule has 1 N–H and O–H groups in total. The normalized spacial score (nSPS) is 14.2. The number of amides is 1. The van der Waals surface area contributed by atoms with Gasteiger partial charge in [-0.25, -0.2) is 18.2 Å². The Bertz CT molecular complexity index is 1310. The lowest BCUT2D eigenvalue weighted by atomic mass is 9.94. The molecular weight excluding hydrogens is 469 g/mol. The summed E-state index contributed by atoms with van der Waals surface area (Å²) in [6.45, 7) is 7.47. The van der Waals surface area contributed by atoms with Crippen LogP contribution in [0.1, 0.15) is 66.3 Å². The average Bonchev–Trinajstić information content (AvgIpc) is 3.16. The summed E-state index contributed by atoms with van der Waals surface area (Å²) in [5, 5.41) is 3.13. The maximum absolute atomic E-state index is 15.2. The van der Waals surface area contributed by atoms with Crippen LogP contribution in [-0.4, -0.2) is 34.4 Å². The van der Waals surface area contributed by atoms with Gasteiger partial charge in [-0.05, 0) is 57.5 Å². The van der Waals surface area contributed by atoms with E-state index in [2.05, 4.69) is 15.3 Å². The minimum absolute atomic E-state index is 0.0687. The molecule has 3 aromatic rings. The largest absolute Gasteiger partial charge is 0.380 e. The van der Waals surface area contributed by atoms with Crippen LogP contribution in [0.2, 0.25) is 0 Å². The van der Waals surface area contributed by atoms with Gasteiger partial charge in [-0.1, -0.05) is 0 Å². The monoisotopic (exact) mass is 498 g/mol. The average molecular weight is 499 g/mol. The summed E-state index contributed by atoms with van der Waals surface area (Å²) in [5.74, 6) is -0.951. The lowest BCUT2D eigenvalue weighted by Crippen LogP contribution is -2.22. The fourth-order valence-corrected chi connectivity index (χ4v) is 4.49. The third kappa shape index (κ3) is 4.80. The lowest BCUT2D eigenvalue weighted by Gasteiger charge is -2.21. The number of fused-ring (bicyclic) bond motifs is 1. The maximum atomic E-state index is 15.2. The molecule has 1 amide bonds. The number of methoxy groups -OCH3 is 1. The summed E-state index contributed by atoms with van der Waals surface area (Å²) < 4.78 is 50.4. The van der Waals surface area contributed by atoms with Gasteiger partial charge in [0.1, 0.15) is 23.1 Å². The summed E-state index contributed by atoms with van der Waals surface area (Å²) in [7, 11) is 1.49. The summed E-state index contributed by atoms with van der Waals surface area (Å²) in [5.41, 5.74) is 0.542. The second kappa shape index (κ2) is 9.89. The Morgan fingerprint density at radius 3 is 2.58 bits per heavy atom. The summed E-state index contributed by atoms with van der Waals surface area (Å²) in [4.78, 5) is 22.7. The van der Waals surface area contributed by atoms with Crippen molar-refractivity contribution in [3.63, 3.8) is 0 Å². The van der Waals surface area contributed by atoms with Crippen LogP contribution in [0.15, 0.2) is 36.7 Å². The number of hydrogen-bond acceptors (Lipinski definition) is 5. The van der Waals surface area contributed by atoms with Gasteiger partial charge >= 0.3 is 0 Å². The van der Waals surface area contributed by atoms with E-state index >= 15 is 8.78 Å². The van der Waals surface area contributed by atoms with Gasteiger partial charge in [0, 0.05) is 53.9 Å². The molecule has 190 valence electrons. The highest BCUT2D eigenvalue weighted by Gasteiger charge is 2.30. The molecule has 2 aromatic heterocycles. The van der Waals surface area contributed by atoms with Crippen LogP contribution in [0.3, 0.4) is 0 Å². The van der Waals surface area contributed by atoms with Gasteiger partial charge in [-0.15, -0.1) is 0 Å². The third-order valence-corrected chi connectivity index (χ3v) is 6.41. The first-order valence-electron chi connectivity index (χ1n) is 11.7. The quantitative estimate of drug-likeness (QED) is 0.418. The first-order valence-corrected chi connectivity index (χ1v) is 11.7. The Morgan fingerprint density at radius 1 is 1.17 bits per heavy atom. The van der Waals surface area contributed by atoms with E-state index in [9.17, 15) is 9.18 Å². The number of hydrogen-bond donors (Lipinski definition) is 1. The van der Waals surface area contributed by atoms with Crippen molar-refractivity contribution >= 4 is 11.7 Å². The first-order chi connectivity index (χ1) is 17.0. The summed E-state index contributed by atoms with van der Waals surface area (Å²) in [6.07, 6.45) is 2.95. The zero-order valence-electron chi connectivity index (χ0n) is 21.0. The van der Waals surface area contributed by atoms with E-state index in [0.717, 1.165) is 17.7 Å². The van der Waals surface area contributed by atoms with Crippen LogP contribution in [0, 0.1) is 11.6 Å². The van der Waals surface area contributed by atoms with Gasteiger partial charge < -0.3 is 15.0 Å². The van der Waals surface area contributed by atoms with Crippen molar-refractivity contribution in [2.75, 3.05) is 19.0 Å². The molecule has 1 atom stereocenters. The maximum Gasteiger partial charge on any atom is 0.254 e. The van der Waals surface area contributed by atoms with Crippen molar-refractivity contribution in [1.82, 2.24) is 14.9 Å². The van der Waals surface area contributed by atoms with E-state index in [1.165, 1.54) is 39.4 Å². The number of aromatic nitrogens is 2. The lowest BCUT2D eigenvalue weighted by molar-refractivity contribution is 0.0787. The number of carbonyl (C=O) groups is 1. The van der Waals surface area contributed by atoms with E-state index in [0.29, 0.717) is 35.6 Å². The molecule has 0 fully saturated rings. The van der Waals surface area contributed by atoms with Gasteiger partial charge in [0.15, 0.2) is 0 Å². The second-order valence-electron chi connectivity index (χ2n) is 9.36. The molecule has 1 aliphatic rings. The number of carbonyl (C=O) groups excluding carboxylic acids is 1. The van der Waals surface area contributed by atoms with Crippen molar-refractivity contribution in [1.29, 1.82) is 0 Å². The SMILES string of the molecule is CCN1Cc2c(ccnc2NC(C)c2cc(F)c(-c3cc(C(C)(C)F)c(COC)cn3)cc2F)C1=O. The Kier molecular flexibility index (Phi) is 7.04. The number of halogens is 3. The Balaban J connectivity index is 1.65. The van der Waals surface area contributed by atoms with E-state index in [1.54, 1.807) is 17.9 Å². The summed E-state index contributed by atoms with van der Waals surface area (Å²) in [6, 6.07) is 4.63. The fourth-order valence-electron chi connectivity index (χ4n) is 4.49. The first kappa shape index (κ1) is 25.6. The number of nitrogens with one attached hydrogen (secondary N) is 1. The number of alkyl halides is 1. The molecule has 1 aliphatic heterocycles. The van der Waals surface area contributed by atoms with Crippen molar-refractivity contribution in [3.8, 4) is 11.3 Å². The molecule has 4 rings (SSSR count). The summed E-state index contributed by atoms with van der Waals surface area (Å²) >= 11 is 0. The minimum Gasteiger partial charge on any atom is -0.380 e. The molecule has 0 aliphatic carbocycles. The zero-order chi connectivity index (χ0) is 26.2. The Morgan fingerprint density at radius 2 is 1.92 bits per heavy atom. The highest BCUT2D eigenvalue weighted by Crippen LogP contribution is 2.35. The fraction of sp³-hybridized carbons (Fsp3) is 0.370. The number of ether oxygens (including phenoxy) is 1. The molecule has 0 bridgehead atoms. The molecule has 9 heteroatoms. The molecular formula is C27H29F3N4O2. The number of rotatable bonds is 8. The van der Waals surface area contributed by atoms with Gasteiger partial charge in [-0.3, -0.25) is 9.78 Å². The predicted octanol–water partition coefficient (Wildman–Crippen LogP) is 5.92. The van der Waals surface area contributed by atoms with Gasteiger partial charge in [-0.2, -0.15) is 0 Å². The van der Waals surface area contributed by atoms with E-state index < -0.39 is 23.3 Å². The van der Waals surface area contributed by atoms with E-state index in [-0.39, 0.29) is 29.3 Å². The highest BCUT2D eigenvalue weighted by molar-refractivity contribution is 5.99. The second-order valence-corrected chi connectivity index (χ2v) is 9.36. The molecule has 36 heavy (non-hydrogen) atoms. The van der Waals surface area contributed by atoms with Crippen LogP contribution in [0.25, 0.3) is 11.3 Å². The number of nitrogens with zero attached hydrogens (tertiary/aromatic N) is 3. The molecule has 0 saturated carbocycles. The number of pyridine rings is 2. The molecule has 0 spiro atoms. The Hall–Kier alpha value is -3.46.